The summed E-state index contributed by atoms with van der Waals surface area (Å²) in [5.74, 6) is -0.0299. The highest BCUT2D eigenvalue weighted by atomic mass is 16.6. The van der Waals surface area contributed by atoms with E-state index >= 15 is 0 Å². The van der Waals surface area contributed by atoms with Crippen LogP contribution < -0.4 is 10.6 Å². The van der Waals surface area contributed by atoms with Crippen molar-refractivity contribution in [3.8, 4) is 0 Å². The van der Waals surface area contributed by atoms with Crippen molar-refractivity contribution in [2.24, 2.45) is 5.16 Å². The number of benzene rings is 2. The number of hydrogen-bond acceptors (Lipinski definition) is 5. The fourth-order valence-electron chi connectivity index (χ4n) is 3.35. The van der Waals surface area contributed by atoms with E-state index in [4.69, 9.17) is 9.25 Å². The highest BCUT2D eigenvalue weighted by Gasteiger charge is 2.32. The quantitative estimate of drug-likeness (QED) is 0.589. The number of rotatable bonds is 8. The molecule has 2 heterocycles. The van der Waals surface area contributed by atoms with Crippen LogP contribution in [0, 0.1) is 0 Å². The molecular formula is C24H23N3O4. The number of oxime groups is 1. The number of amides is 2. The average Bonchev–Trinajstić information content (AvgIpc) is 3.51. The van der Waals surface area contributed by atoms with Gasteiger partial charge in [-0.2, -0.15) is 0 Å². The fourth-order valence-corrected chi connectivity index (χ4v) is 3.35. The van der Waals surface area contributed by atoms with Crippen molar-refractivity contribution in [2.45, 2.75) is 31.5 Å². The van der Waals surface area contributed by atoms with Gasteiger partial charge in [-0.05, 0) is 23.3 Å². The van der Waals surface area contributed by atoms with E-state index in [-0.39, 0.29) is 18.4 Å². The number of carbonyl (C=O) groups excluding carboxylic acids is 2. The van der Waals surface area contributed by atoms with Crippen molar-refractivity contribution in [3.63, 3.8) is 0 Å². The van der Waals surface area contributed by atoms with E-state index in [0.717, 1.165) is 11.1 Å². The summed E-state index contributed by atoms with van der Waals surface area (Å²) in [6.07, 6.45) is 1.48. The Balaban J connectivity index is 1.40. The lowest BCUT2D eigenvalue weighted by molar-refractivity contribution is -0.135. The molecule has 0 saturated heterocycles. The molecule has 158 valence electrons. The molecule has 0 saturated carbocycles. The van der Waals surface area contributed by atoms with E-state index in [1.807, 2.05) is 60.7 Å². The van der Waals surface area contributed by atoms with Crippen molar-refractivity contribution in [3.05, 3.63) is 95.9 Å². The van der Waals surface area contributed by atoms with Gasteiger partial charge in [-0.1, -0.05) is 65.8 Å². The van der Waals surface area contributed by atoms with Gasteiger partial charge >= 0.3 is 0 Å². The molecule has 7 nitrogen and oxygen atoms in total. The lowest BCUT2D eigenvalue weighted by Gasteiger charge is -2.20. The first kappa shape index (κ1) is 20.4. The zero-order chi connectivity index (χ0) is 21.5. The Morgan fingerprint density at radius 1 is 1.00 bits per heavy atom. The predicted octanol–water partition coefficient (Wildman–Crippen LogP) is 2.82. The topological polar surface area (TPSA) is 92.9 Å². The van der Waals surface area contributed by atoms with Crippen molar-refractivity contribution < 1.29 is 18.8 Å². The maximum absolute atomic E-state index is 12.9. The van der Waals surface area contributed by atoms with E-state index < -0.39 is 12.1 Å². The lowest BCUT2D eigenvalue weighted by Crippen LogP contribution is -2.50. The van der Waals surface area contributed by atoms with E-state index in [2.05, 4.69) is 15.8 Å². The summed E-state index contributed by atoms with van der Waals surface area (Å²) in [6, 6.07) is 21.9. The van der Waals surface area contributed by atoms with Gasteiger partial charge in [0.2, 0.25) is 12.0 Å². The molecule has 0 unspecified atom stereocenters. The average molecular weight is 417 g/mol. The van der Waals surface area contributed by atoms with Crippen LogP contribution in [0.2, 0.25) is 0 Å². The lowest BCUT2D eigenvalue weighted by atomic mass is 10.0. The van der Waals surface area contributed by atoms with E-state index in [1.165, 1.54) is 0 Å². The minimum absolute atomic E-state index is 0.244. The number of carbonyl (C=O) groups is 2. The molecule has 0 radical (unpaired) electrons. The maximum Gasteiger partial charge on any atom is 0.265 e. The maximum atomic E-state index is 12.9. The normalized spacial score (nSPS) is 16.1. The molecule has 1 aromatic heterocycles. The molecule has 2 amide bonds. The van der Waals surface area contributed by atoms with Crippen molar-refractivity contribution >= 4 is 17.5 Å². The highest BCUT2D eigenvalue weighted by Crippen LogP contribution is 2.17. The summed E-state index contributed by atoms with van der Waals surface area (Å²) in [5, 5.41) is 9.71. The zero-order valence-electron chi connectivity index (χ0n) is 16.9. The molecule has 1 aliphatic rings. The standard InChI is InChI=1S/C24H23N3O4/c28-23(25-16-19-12-7-13-30-19)21(14-17-8-3-1-4-9-17)26-24(29)22-15-20(27-31-22)18-10-5-2-6-11-18/h1-13,21-22H,14-16H2,(H,25,28)(H,26,29)/t21-,22+/m1/s1. The monoisotopic (exact) mass is 417 g/mol. The summed E-state index contributed by atoms with van der Waals surface area (Å²) < 4.78 is 5.26. The third-order valence-corrected chi connectivity index (χ3v) is 5.00. The number of nitrogens with zero attached hydrogens (tertiary/aromatic N) is 1. The Hall–Kier alpha value is -3.87. The van der Waals surface area contributed by atoms with Crippen molar-refractivity contribution in [2.75, 3.05) is 0 Å². The molecule has 3 aromatic rings. The Morgan fingerprint density at radius 2 is 1.74 bits per heavy atom. The predicted molar refractivity (Wildman–Crippen MR) is 115 cm³/mol. The minimum Gasteiger partial charge on any atom is -0.467 e. The van der Waals surface area contributed by atoms with Crippen LogP contribution in [0.3, 0.4) is 0 Å². The molecule has 0 spiro atoms. The van der Waals surface area contributed by atoms with Crippen LogP contribution in [-0.4, -0.2) is 29.7 Å². The smallest absolute Gasteiger partial charge is 0.265 e. The van der Waals surface area contributed by atoms with Gasteiger partial charge < -0.3 is 19.9 Å². The molecular weight excluding hydrogens is 394 g/mol. The second-order valence-corrected chi connectivity index (χ2v) is 7.25. The number of furan rings is 1. The molecule has 1 aliphatic heterocycles. The van der Waals surface area contributed by atoms with Gasteiger partial charge in [-0.15, -0.1) is 0 Å². The largest absolute Gasteiger partial charge is 0.467 e. The number of nitrogens with one attached hydrogen (secondary N) is 2. The first-order valence-electron chi connectivity index (χ1n) is 10.1. The Morgan fingerprint density at radius 3 is 2.45 bits per heavy atom. The SMILES string of the molecule is O=C(N[C@H](Cc1ccccc1)C(=O)NCc1ccco1)[C@@H]1CC(c2ccccc2)=NO1. The van der Waals surface area contributed by atoms with Gasteiger partial charge in [-0.3, -0.25) is 9.59 Å². The summed E-state index contributed by atoms with van der Waals surface area (Å²) in [6.45, 7) is 0.244. The first-order valence-corrected chi connectivity index (χ1v) is 10.1. The second kappa shape index (κ2) is 9.75. The van der Waals surface area contributed by atoms with Crippen molar-refractivity contribution in [1.82, 2.24) is 10.6 Å². The van der Waals surface area contributed by atoms with Crippen LogP contribution in [0.15, 0.2) is 88.6 Å². The molecule has 7 heteroatoms. The molecule has 4 rings (SSSR count). The third kappa shape index (κ3) is 5.39. The molecule has 0 bridgehead atoms. The highest BCUT2D eigenvalue weighted by molar-refractivity contribution is 6.04. The van der Waals surface area contributed by atoms with Crippen LogP contribution in [0.1, 0.15) is 23.3 Å². The molecule has 0 aliphatic carbocycles. The zero-order valence-corrected chi connectivity index (χ0v) is 16.9. The summed E-state index contributed by atoms with van der Waals surface area (Å²) in [7, 11) is 0. The van der Waals surface area contributed by atoms with Crippen molar-refractivity contribution in [1.29, 1.82) is 0 Å². The van der Waals surface area contributed by atoms with E-state index in [1.54, 1.807) is 18.4 Å². The molecule has 0 fully saturated rings. The second-order valence-electron chi connectivity index (χ2n) is 7.25. The van der Waals surface area contributed by atoms with Gasteiger partial charge in [-0.25, -0.2) is 0 Å². The Labute approximate surface area is 180 Å². The summed E-state index contributed by atoms with van der Waals surface area (Å²) >= 11 is 0. The molecule has 31 heavy (non-hydrogen) atoms. The van der Waals surface area contributed by atoms with Gasteiger partial charge in [0.1, 0.15) is 11.8 Å². The number of hydrogen-bond donors (Lipinski definition) is 2. The van der Waals surface area contributed by atoms with Crippen LogP contribution in [0.4, 0.5) is 0 Å². The molecule has 2 aromatic carbocycles. The first-order chi connectivity index (χ1) is 15.2. The Bertz CT molecular complexity index is 1030. The fraction of sp³-hybridized carbons (Fsp3) is 0.208. The Kier molecular flexibility index (Phi) is 6.42. The minimum atomic E-state index is -0.772. The van der Waals surface area contributed by atoms with Crippen LogP contribution in [0.25, 0.3) is 0 Å². The van der Waals surface area contributed by atoms with Gasteiger partial charge in [0.25, 0.3) is 5.91 Å². The van der Waals surface area contributed by atoms with Gasteiger partial charge in [0.15, 0.2) is 0 Å². The molecule has 2 atom stereocenters. The van der Waals surface area contributed by atoms with Crippen LogP contribution in [0.5, 0.6) is 0 Å². The summed E-state index contributed by atoms with van der Waals surface area (Å²) in [5.41, 5.74) is 2.56. The van der Waals surface area contributed by atoms with Gasteiger partial charge in [0, 0.05) is 12.8 Å². The molecule has 2 N–H and O–H groups in total. The van der Waals surface area contributed by atoms with Crippen LogP contribution in [-0.2, 0) is 27.4 Å². The van der Waals surface area contributed by atoms with Crippen LogP contribution >= 0.6 is 0 Å². The summed E-state index contributed by atoms with van der Waals surface area (Å²) in [4.78, 5) is 31.1. The van der Waals surface area contributed by atoms with E-state index in [9.17, 15) is 9.59 Å². The van der Waals surface area contributed by atoms with Gasteiger partial charge in [0.05, 0.1) is 18.5 Å². The van der Waals surface area contributed by atoms with E-state index in [0.29, 0.717) is 24.3 Å². The third-order valence-electron chi connectivity index (χ3n) is 5.00.